The average Bonchev–Trinajstić information content (AvgIpc) is 2.93. The first kappa shape index (κ1) is 27.6. The number of carbonyl (C=O) groups excluding carboxylic acids is 1. The Morgan fingerprint density at radius 3 is 2.10 bits per heavy atom. The Hall–Kier alpha value is -4.43. The molecule has 0 bridgehead atoms. The Kier molecular flexibility index (Phi) is 8.78. The number of aryl methyl sites for hydroxylation is 3. The molecule has 4 aromatic carbocycles. The van der Waals surface area contributed by atoms with Gasteiger partial charge in [-0.2, -0.15) is 5.10 Å². The van der Waals surface area contributed by atoms with Crippen LogP contribution in [0.3, 0.4) is 0 Å². The van der Waals surface area contributed by atoms with E-state index in [1.807, 2.05) is 68.4 Å². The van der Waals surface area contributed by atoms with Gasteiger partial charge in [-0.1, -0.05) is 65.7 Å². The molecular weight excluding hydrogens is 510 g/mol. The van der Waals surface area contributed by atoms with Crippen molar-refractivity contribution < 1.29 is 17.9 Å². The van der Waals surface area contributed by atoms with Crippen molar-refractivity contribution in [2.24, 2.45) is 5.10 Å². The lowest BCUT2D eigenvalue weighted by Gasteiger charge is -2.25. The standard InChI is InChI=1S/C31H31N3O4S/c1-23-8-12-27(13-9-23)22-38-28-16-14-26(15-17-28)20-32-33-31(35)21-34(30-7-5-4-6-25(30)3)39(36,37)29-18-10-24(2)11-19-29/h4-20H,21-22H2,1-3H3,(H,33,35)/b32-20+. The first-order valence-electron chi connectivity index (χ1n) is 12.5. The van der Waals surface area contributed by atoms with E-state index in [-0.39, 0.29) is 4.90 Å². The number of hydrogen-bond donors (Lipinski definition) is 1. The maximum absolute atomic E-state index is 13.5. The van der Waals surface area contributed by atoms with Crippen LogP contribution >= 0.6 is 0 Å². The fourth-order valence-corrected chi connectivity index (χ4v) is 5.31. The Morgan fingerprint density at radius 1 is 0.846 bits per heavy atom. The van der Waals surface area contributed by atoms with Crippen molar-refractivity contribution in [3.05, 3.63) is 125 Å². The number of benzene rings is 4. The van der Waals surface area contributed by atoms with Crippen molar-refractivity contribution in [2.75, 3.05) is 10.8 Å². The second-order valence-corrected chi connectivity index (χ2v) is 11.1. The van der Waals surface area contributed by atoms with E-state index in [4.69, 9.17) is 4.74 Å². The lowest BCUT2D eigenvalue weighted by molar-refractivity contribution is -0.119. The number of amides is 1. The highest BCUT2D eigenvalue weighted by molar-refractivity contribution is 7.92. The molecule has 0 aliphatic carbocycles. The third-order valence-corrected chi connectivity index (χ3v) is 7.86. The van der Waals surface area contributed by atoms with Crippen molar-refractivity contribution in [1.82, 2.24) is 5.43 Å². The molecule has 7 nitrogen and oxygen atoms in total. The summed E-state index contributed by atoms with van der Waals surface area (Å²) in [4.78, 5) is 12.9. The van der Waals surface area contributed by atoms with Crippen molar-refractivity contribution in [3.8, 4) is 5.75 Å². The van der Waals surface area contributed by atoms with Crippen LogP contribution in [0.15, 0.2) is 107 Å². The molecule has 0 unspecified atom stereocenters. The highest BCUT2D eigenvalue weighted by Crippen LogP contribution is 2.26. The Balaban J connectivity index is 1.41. The molecule has 0 radical (unpaired) electrons. The Bertz CT molecular complexity index is 1550. The fraction of sp³-hybridized carbons (Fsp3) is 0.161. The molecular formula is C31H31N3O4S. The normalized spacial score (nSPS) is 11.4. The number of ether oxygens (including phenoxy) is 1. The van der Waals surface area contributed by atoms with Gasteiger partial charge in [0.2, 0.25) is 0 Å². The summed E-state index contributed by atoms with van der Waals surface area (Å²) >= 11 is 0. The summed E-state index contributed by atoms with van der Waals surface area (Å²) in [5.74, 6) is 0.148. The predicted octanol–water partition coefficient (Wildman–Crippen LogP) is 5.54. The topological polar surface area (TPSA) is 88.1 Å². The maximum atomic E-state index is 13.5. The first-order chi connectivity index (χ1) is 18.7. The molecule has 39 heavy (non-hydrogen) atoms. The van der Waals surface area contributed by atoms with E-state index < -0.39 is 22.5 Å². The van der Waals surface area contributed by atoms with E-state index in [9.17, 15) is 13.2 Å². The summed E-state index contributed by atoms with van der Waals surface area (Å²) in [6.45, 7) is 5.77. The van der Waals surface area contributed by atoms with E-state index in [0.29, 0.717) is 18.0 Å². The zero-order chi connectivity index (χ0) is 27.8. The van der Waals surface area contributed by atoms with Gasteiger partial charge >= 0.3 is 0 Å². The van der Waals surface area contributed by atoms with E-state index in [1.54, 1.807) is 49.4 Å². The van der Waals surface area contributed by atoms with Gasteiger partial charge in [-0.05, 0) is 79.9 Å². The quantitative estimate of drug-likeness (QED) is 0.211. The number of hydrazone groups is 1. The van der Waals surface area contributed by atoms with Crippen LogP contribution in [-0.4, -0.2) is 27.1 Å². The van der Waals surface area contributed by atoms with Crippen molar-refractivity contribution >= 4 is 27.8 Å². The van der Waals surface area contributed by atoms with Crippen LogP contribution in [0.2, 0.25) is 0 Å². The van der Waals surface area contributed by atoms with Gasteiger partial charge in [0, 0.05) is 0 Å². The van der Waals surface area contributed by atoms with Crippen LogP contribution in [0.4, 0.5) is 5.69 Å². The van der Waals surface area contributed by atoms with Gasteiger partial charge in [-0.15, -0.1) is 0 Å². The SMILES string of the molecule is Cc1ccc(COc2ccc(/C=N/NC(=O)CN(c3ccccc3C)S(=O)(=O)c3ccc(C)cc3)cc2)cc1. The van der Waals surface area contributed by atoms with Crippen LogP contribution < -0.4 is 14.5 Å². The zero-order valence-electron chi connectivity index (χ0n) is 22.2. The van der Waals surface area contributed by atoms with Gasteiger partial charge in [0.25, 0.3) is 15.9 Å². The molecule has 200 valence electrons. The third-order valence-electron chi connectivity index (χ3n) is 6.09. The van der Waals surface area contributed by atoms with Crippen LogP contribution in [0, 0.1) is 20.8 Å². The molecule has 8 heteroatoms. The smallest absolute Gasteiger partial charge is 0.264 e. The molecule has 0 aliphatic rings. The van der Waals surface area contributed by atoms with Crippen LogP contribution in [-0.2, 0) is 21.4 Å². The van der Waals surface area contributed by atoms with Crippen molar-refractivity contribution in [3.63, 3.8) is 0 Å². The monoisotopic (exact) mass is 541 g/mol. The molecule has 0 aliphatic heterocycles. The number of anilines is 1. The molecule has 0 spiro atoms. The summed E-state index contributed by atoms with van der Waals surface area (Å²) in [6.07, 6.45) is 1.49. The second-order valence-electron chi connectivity index (χ2n) is 9.25. The summed E-state index contributed by atoms with van der Waals surface area (Å²) in [7, 11) is -3.99. The minimum atomic E-state index is -3.99. The lowest BCUT2D eigenvalue weighted by atomic mass is 10.2. The van der Waals surface area contributed by atoms with Crippen molar-refractivity contribution in [2.45, 2.75) is 32.3 Å². The van der Waals surface area contributed by atoms with Gasteiger partial charge in [-0.25, -0.2) is 13.8 Å². The van der Waals surface area contributed by atoms with E-state index in [0.717, 1.165) is 26.6 Å². The van der Waals surface area contributed by atoms with Gasteiger partial charge in [0.15, 0.2) is 0 Å². The summed E-state index contributed by atoms with van der Waals surface area (Å²) in [6, 6.07) is 29.0. The third kappa shape index (κ3) is 7.33. The van der Waals surface area contributed by atoms with E-state index >= 15 is 0 Å². The second kappa shape index (κ2) is 12.4. The van der Waals surface area contributed by atoms with Crippen molar-refractivity contribution in [1.29, 1.82) is 0 Å². The van der Waals surface area contributed by atoms with E-state index in [1.165, 1.54) is 11.8 Å². The zero-order valence-corrected chi connectivity index (χ0v) is 23.0. The molecule has 4 rings (SSSR count). The molecule has 0 saturated carbocycles. The highest BCUT2D eigenvalue weighted by Gasteiger charge is 2.28. The molecule has 1 amide bonds. The number of carbonyl (C=O) groups is 1. The Morgan fingerprint density at radius 2 is 1.46 bits per heavy atom. The fourth-order valence-electron chi connectivity index (χ4n) is 3.83. The number of para-hydroxylation sites is 1. The highest BCUT2D eigenvalue weighted by atomic mass is 32.2. The summed E-state index contributed by atoms with van der Waals surface area (Å²) in [5, 5.41) is 4.02. The number of sulfonamides is 1. The molecule has 0 heterocycles. The number of nitrogens with one attached hydrogen (secondary N) is 1. The lowest BCUT2D eigenvalue weighted by Crippen LogP contribution is -2.40. The van der Waals surface area contributed by atoms with E-state index in [2.05, 4.69) is 10.5 Å². The van der Waals surface area contributed by atoms with Gasteiger partial charge in [0.05, 0.1) is 16.8 Å². The largest absolute Gasteiger partial charge is 0.489 e. The maximum Gasteiger partial charge on any atom is 0.264 e. The van der Waals surface area contributed by atoms with Crippen LogP contribution in [0.1, 0.15) is 27.8 Å². The molecule has 1 N–H and O–H groups in total. The molecule has 0 atom stereocenters. The van der Waals surface area contributed by atoms with Crippen LogP contribution in [0.5, 0.6) is 5.75 Å². The minimum absolute atomic E-state index is 0.109. The number of hydrogen-bond acceptors (Lipinski definition) is 5. The number of nitrogens with zero attached hydrogens (tertiary/aromatic N) is 2. The predicted molar refractivity (Wildman–Crippen MR) is 155 cm³/mol. The summed E-state index contributed by atoms with van der Waals surface area (Å²) in [5.41, 5.74) is 7.57. The Labute approximate surface area is 229 Å². The molecule has 0 fully saturated rings. The molecule has 0 aromatic heterocycles. The molecule has 4 aromatic rings. The van der Waals surface area contributed by atoms with Gasteiger partial charge in [0.1, 0.15) is 18.9 Å². The van der Waals surface area contributed by atoms with Crippen LogP contribution in [0.25, 0.3) is 0 Å². The molecule has 0 saturated heterocycles. The average molecular weight is 542 g/mol. The number of rotatable bonds is 10. The minimum Gasteiger partial charge on any atom is -0.489 e. The van der Waals surface area contributed by atoms with Gasteiger partial charge < -0.3 is 4.74 Å². The first-order valence-corrected chi connectivity index (χ1v) is 13.9. The van der Waals surface area contributed by atoms with Gasteiger partial charge in [-0.3, -0.25) is 9.10 Å². The summed E-state index contributed by atoms with van der Waals surface area (Å²) < 4.78 is 34.0.